The van der Waals surface area contributed by atoms with Gasteiger partial charge in [-0.2, -0.15) is 0 Å². The summed E-state index contributed by atoms with van der Waals surface area (Å²) in [6.45, 7) is 7.70. The number of hydrogen-bond acceptors (Lipinski definition) is 2. The number of fused-ring (bicyclic) bond motifs is 1. The summed E-state index contributed by atoms with van der Waals surface area (Å²) in [4.78, 5) is 12.8. The van der Waals surface area contributed by atoms with Gasteiger partial charge in [-0.3, -0.25) is 4.79 Å². The first-order chi connectivity index (χ1) is 10.5. The Hall–Kier alpha value is -2.13. The van der Waals surface area contributed by atoms with Crippen molar-refractivity contribution in [2.24, 2.45) is 0 Å². The van der Waals surface area contributed by atoms with Crippen LogP contribution in [0.1, 0.15) is 33.7 Å². The first-order valence-corrected chi connectivity index (χ1v) is 7.73. The van der Waals surface area contributed by atoms with Gasteiger partial charge in [-0.1, -0.05) is 24.3 Å². The van der Waals surface area contributed by atoms with Crippen LogP contribution in [0.25, 0.3) is 0 Å². The van der Waals surface area contributed by atoms with Gasteiger partial charge >= 0.3 is 0 Å². The molecule has 1 atom stereocenters. The largest absolute Gasteiger partial charge is 0.326 e. The van der Waals surface area contributed by atoms with Crippen molar-refractivity contribution in [2.75, 3.05) is 11.9 Å². The lowest BCUT2D eigenvalue weighted by Crippen LogP contribution is -2.36. The lowest BCUT2D eigenvalue weighted by Gasteiger charge is -2.27. The van der Waals surface area contributed by atoms with Crippen LogP contribution in [0, 0.1) is 20.8 Å². The Bertz CT molecular complexity index is 701. The monoisotopic (exact) mass is 294 g/mol. The minimum atomic E-state index is -0.134. The number of benzene rings is 2. The zero-order valence-electron chi connectivity index (χ0n) is 13.4. The van der Waals surface area contributed by atoms with Gasteiger partial charge < -0.3 is 10.6 Å². The molecule has 2 aromatic rings. The number of nitrogens with one attached hydrogen (secondary N) is 2. The molecule has 2 N–H and O–H groups in total. The van der Waals surface area contributed by atoms with Crippen LogP contribution in [0.4, 0.5) is 5.69 Å². The summed E-state index contributed by atoms with van der Waals surface area (Å²) in [5, 5.41) is 6.43. The molecule has 0 radical (unpaired) electrons. The highest BCUT2D eigenvalue weighted by molar-refractivity contribution is 5.96. The molecule has 1 unspecified atom stereocenters. The molecule has 1 aliphatic rings. The molecule has 2 aromatic carbocycles. The maximum absolute atomic E-state index is 12.8. The van der Waals surface area contributed by atoms with E-state index in [0.29, 0.717) is 6.54 Å². The molecular formula is C19H22N2O. The fourth-order valence-corrected chi connectivity index (χ4v) is 3.35. The first kappa shape index (κ1) is 14.8. The van der Waals surface area contributed by atoms with Gasteiger partial charge in [-0.05, 0) is 60.7 Å². The van der Waals surface area contributed by atoms with Gasteiger partial charge in [0.05, 0.1) is 5.92 Å². The van der Waals surface area contributed by atoms with Crippen LogP contribution < -0.4 is 10.6 Å². The van der Waals surface area contributed by atoms with Gasteiger partial charge in [-0.25, -0.2) is 0 Å². The van der Waals surface area contributed by atoms with Crippen LogP contribution in [0.15, 0.2) is 36.4 Å². The number of anilines is 1. The maximum atomic E-state index is 12.8. The van der Waals surface area contributed by atoms with Gasteiger partial charge in [0.15, 0.2) is 0 Å². The van der Waals surface area contributed by atoms with E-state index in [1.165, 1.54) is 16.7 Å². The Morgan fingerprint density at radius 3 is 2.59 bits per heavy atom. The quantitative estimate of drug-likeness (QED) is 0.891. The summed E-state index contributed by atoms with van der Waals surface area (Å²) in [7, 11) is 0. The zero-order valence-corrected chi connectivity index (χ0v) is 13.4. The molecule has 3 heteroatoms. The highest BCUT2D eigenvalue weighted by Gasteiger charge is 2.27. The molecular weight excluding hydrogens is 272 g/mol. The van der Waals surface area contributed by atoms with E-state index >= 15 is 0 Å². The second-order valence-corrected chi connectivity index (χ2v) is 6.20. The van der Waals surface area contributed by atoms with E-state index < -0.39 is 0 Å². The van der Waals surface area contributed by atoms with E-state index in [2.05, 4.69) is 41.8 Å². The number of carbonyl (C=O) groups excluding carboxylic acids is 1. The lowest BCUT2D eigenvalue weighted by molar-refractivity contribution is -0.117. The Morgan fingerprint density at radius 1 is 1.14 bits per heavy atom. The highest BCUT2D eigenvalue weighted by atomic mass is 16.1. The van der Waals surface area contributed by atoms with Gasteiger partial charge in [0.25, 0.3) is 0 Å². The normalized spacial score (nSPS) is 17.0. The topological polar surface area (TPSA) is 41.1 Å². The predicted octanol–water partition coefficient (Wildman–Crippen LogP) is 3.44. The molecule has 0 fully saturated rings. The SMILES string of the molecule is Cc1cc(C)cc(NC(=O)C2CNCc3cccc(C)c32)c1. The molecule has 0 aromatic heterocycles. The van der Waals surface area contributed by atoms with Gasteiger partial charge in [-0.15, -0.1) is 0 Å². The van der Waals surface area contributed by atoms with Crippen LogP contribution >= 0.6 is 0 Å². The Labute approximate surface area is 131 Å². The third kappa shape index (κ3) is 2.90. The van der Waals surface area contributed by atoms with E-state index in [9.17, 15) is 4.79 Å². The average molecular weight is 294 g/mol. The molecule has 1 amide bonds. The number of aryl methyl sites for hydroxylation is 3. The summed E-state index contributed by atoms with van der Waals surface area (Å²) >= 11 is 0. The summed E-state index contributed by atoms with van der Waals surface area (Å²) in [6.07, 6.45) is 0. The fraction of sp³-hybridized carbons (Fsp3) is 0.316. The smallest absolute Gasteiger partial charge is 0.233 e. The van der Waals surface area contributed by atoms with Crippen LogP contribution in [0.2, 0.25) is 0 Å². The molecule has 114 valence electrons. The number of carbonyl (C=O) groups is 1. The Balaban J connectivity index is 1.88. The minimum absolute atomic E-state index is 0.0627. The van der Waals surface area contributed by atoms with Gasteiger partial charge in [0, 0.05) is 18.8 Å². The van der Waals surface area contributed by atoms with Crippen molar-refractivity contribution in [1.29, 1.82) is 0 Å². The van der Waals surface area contributed by atoms with Gasteiger partial charge in [0.1, 0.15) is 0 Å². The molecule has 1 aliphatic heterocycles. The molecule has 3 nitrogen and oxygen atoms in total. The van der Waals surface area contributed by atoms with Gasteiger partial charge in [0.2, 0.25) is 5.91 Å². The number of amides is 1. The average Bonchev–Trinajstić information content (AvgIpc) is 2.46. The molecule has 0 saturated carbocycles. The van der Waals surface area contributed by atoms with E-state index in [4.69, 9.17) is 0 Å². The van der Waals surface area contributed by atoms with E-state index in [1.54, 1.807) is 0 Å². The lowest BCUT2D eigenvalue weighted by atomic mass is 9.86. The van der Waals surface area contributed by atoms with Crippen molar-refractivity contribution in [2.45, 2.75) is 33.2 Å². The van der Waals surface area contributed by atoms with Crippen LogP contribution in [0.3, 0.4) is 0 Å². The Morgan fingerprint density at radius 2 is 1.86 bits per heavy atom. The second-order valence-electron chi connectivity index (χ2n) is 6.20. The molecule has 0 saturated heterocycles. The summed E-state index contributed by atoms with van der Waals surface area (Å²) < 4.78 is 0. The van der Waals surface area contributed by atoms with Crippen molar-refractivity contribution < 1.29 is 4.79 Å². The van der Waals surface area contributed by atoms with E-state index in [0.717, 1.165) is 23.4 Å². The number of rotatable bonds is 2. The number of hydrogen-bond donors (Lipinski definition) is 2. The van der Waals surface area contributed by atoms with Crippen molar-refractivity contribution in [3.63, 3.8) is 0 Å². The summed E-state index contributed by atoms with van der Waals surface area (Å²) in [5.41, 5.74) is 6.81. The fourth-order valence-electron chi connectivity index (χ4n) is 3.35. The van der Waals surface area contributed by atoms with Crippen LogP contribution in [-0.2, 0) is 11.3 Å². The van der Waals surface area contributed by atoms with E-state index in [-0.39, 0.29) is 11.8 Å². The molecule has 0 bridgehead atoms. The summed E-state index contributed by atoms with van der Waals surface area (Å²) in [6, 6.07) is 12.4. The first-order valence-electron chi connectivity index (χ1n) is 7.73. The van der Waals surface area contributed by atoms with Crippen molar-refractivity contribution in [3.8, 4) is 0 Å². The molecule has 22 heavy (non-hydrogen) atoms. The van der Waals surface area contributed by atoms with Crippen molar-refractivity contribution >= 4 is 11.6 Å². The summed E-state index contributed by atoms with van der Waals surface area (Å²) in [5.74, 6) is -0.0708. The van der Waals surface area contributed by atoms with E-state index in [1.807, 2.05) is 26.0 Å². The standard InChI is InChI=1S/C19H22N2O/c1-12-7-13(2)9-16(8-12)21-19(22)17-11-20-10-15-6-4-5-14(3)18(15)17/h4-9,17,20H,10-11H2,1-3H3,(H,21,22). The zero-order chi connectivity index (χ0) is 15.7. The van der Waals surface area contributed by atoms with Crippen LogP contribution in [-0.4, -0.2) is 12.5 Å². The highest BCUT2D eigenvalue weighted by Crippen LogP contribution is 2.28. The molecule has 3 rings (SSSR count). The molecule has 0 spiro atoms. The van der Waals surface area contributed by atoms with Crippen molar-refractivity contribution in [1.82, 2.24) is 5.32 Å². The van der Waals surface area contributed by atoms with Crippen molar-refractivity contribution in [3.05, 3.63) is 64.2 Å². The third-order valence-electron chi connectivity index (χ3n) is 4.23. The molecule has 1 heterocycles. The molecule has 0 aliphatic carbocycles. The minimum Gasteiger partial charge on any atom is -0.326 e. The van der Waals surface area contributed by atoms with Crippen LogP contribution in [0.5, 0.6) is 0 Å². The second kappa shape index (κ2) is 5.93. The third-order valence-corrected chi connectivity index (χ3v) is 4.23. The Kier molecular flexibility index (Phi) is 3.99. The maximum Gasteiger partial charge on any atom is 0.233 e. The predicted molar refractivity (Wildman–Crippen MR) is 90.2 cm³/mol.